The summed E-state index contributed by atoms with van der Waals surface area (Å²) >= 11 is 0. The maximum Gasteiger partial charge on any atom is 0.161 e. The monoisotopic (exact) mass is 324 g/mol. The van der Waals surface area contributed by atoms with E-state index in [1.54, 1.807) is 38.5 Å². The number of nitriles is 1. The van der Waals surface area contributed by atoms with Crippen LogP contribution in [0.4, 0.5) is 5.69 Å². The van der Waals surface area contributed by atoms with E-state index in [2.05, 4.69) is 6.07 Å². The molecular weight excluding hydrogens is 304 g/mol. The molecule has 0 fully saturated rings. The minimum Gasteiger partial charge on any atom is -0.495 e. The lowest BCUT2D eigenvalue weighted by Crippen LogP contribution is -1.96. The summed E-state index contributed by atoms with van der Waals surface area (Å²) in [6.07, 6.45) is 1.78. The molecule has 124 valence electrons. The SMILES string of the molecule is CCOc1cc(/C=C(\C#N)c2ccc(OC)c(N)c2)ccc1OC. The lowest BCUT2D eigenvalue weighted by Gasteiger charge is -2.10. The van der Waals surface area contributed by atoms with Crippen LogP contribution in [0.5, 0.6) is 17.2 Å². The van der Waals surface area contributed by atoms with Crippen LogP contribution in [0.3, 0.4) is 0 Å². The van der Waals surface area contributed by atoms with Crippen molar-refractivity contribution in [1.82, 2.24) is 0 Å². The maximum absolute atomic E-state index is 9.49. The zero-order valence-corrected chi connectivity index (χ0v) is 14.0. The Kier molecular flexibility index (Phi) is 5.69. The van der Waals surface area contributed by atoms with Crippen LogP contribution in [-0.2, 0) is 0 Å². The predicted octanol–water partition coefficient (Wildman–Crippen LogP) is 3.75. The van der Waals surface area contributed by atoms with Crippen molar-refractivity contribution in [2.75, 3.05) is 26.6 Å². The molecule has 0 saturated carbocycles. The highest BCUT2D eigenvalue weighted by molar-refractivity contribution is 5.91. The van der Waals surface area contributed by atoms with Gasteiger partial charge in [0.1, 0.15) is 5.75 Å². The van der Waals surface area contributed by atoms with Gasteiger partial charge < -0.3 is 19.9 Å². The highest BCUT2D eigenvalue weighted by Gasteiger charge is 2.08. The molecule has 0 aromatic heterocycles. The zero-order chi connectivity index (χ0) is 17.5. The van der Waals surface area contributed by atoms with Crippen molar-refractivity contribution >= 4 is 17.3 Å². The van der Waals surface area contributed by atoms with Gasteiger partial charge in [0.05, 0.1) is 38.2 Å². The van der Waals surface area contributed by atoms with E-state index >= 15 is 0 Å². The molecule has 2 rings (SSSR count). The molecule has 0 heterocycles. The van der Waals surface area contributed by atoms with Gasteiger partial charge in [-0.15, -0.1) is 0 Å². The van der Waals surface area contributed by atoms with Crippen LogP contribution < -0.4 is 19.9 Å². The van der Waals surface area contributed by atoms with Crippen molar-refractivity contribution in [3.8, 4) is 23.3 Å². The molecule has 0 saturated heterocycles. The number of nitrogens with two attached hydrogens (primary N) is 1. The van der Waals surface area contributed by atoms with E-state index in [1.807, 2.05) is 25.1 Å². The average molecular weight is 324 g/mol. The van der Waals surface area contributed by atoms with E-state index in [0.717, 1.165) is 11.1 Å². The van der Waals surface area contributed by atoms with Gasteiger partial charge in [-0.2, -0.15) is 5.26 Å². The number of allylic oxidation sites excluding steroid dienone is 1. The Balaban J connectivity index is 2.42. The van der Waals surface area contributed by atoms with Gasteiger partial charge in [-0.1, -0.05) is 6.07 Å². The molecule has 0 radical (unpaired) electrons. The lowest BCUT2D eigenvalue weighted by atomic mass is 10.0. The normalized spacial score (nSPS) is 10.8. The maximum atomic E-state index is 9.49. The average Bonchev–Trinajstić information content (AvgIpc) is 2.60. The third-order valence-electron chi connectivity index (χ3n) is 3.46. The van der Waals surface area contributed by atoms with E-state index in [-0.39, 0.29) is 0 Å². The molecule has 2 N–H and O–H groups in total. The molecule has 0 aliphatic carbocycles. The second-order valence-corrected chi connectivity index (χ2v) is 4.97. The first-order valence-corrected chi connectivity index (χ1v) is 7.49. The summed E-state index contributed by atoms with van der Waals surface area (Å²) in [5.41, 5.74) is 8.47. The summed E-state index contributed by atoms with van der Waals surface area (Å²) in [4.78, 5) is 0. The largest absolute Gasteiger partial charge is 0.495 e. The van der Waals surface area contributed by atoms with Crippen molar-refractivity contribution < 1.29 is 14.2 Å². The van der Waals surface area contributed by atoms with Crippen LogP contribution in [0.1, 0.15) is 18.1 Å². The molecule has 0 atom stereocenters. The minimum absolute atomic E-state index is 0.487. The highest BCUT2D eigenvalue weighted by atomic mass is 16.5. The number of hydrogen-bond donors (Lipinski definition) is 1. The summed E-state index contributed by atoms with van der Waals surface area (Å²) in [6.45, 7) is 2.44. The first kappa shape index (κ1) is 17.2. The smallest absolute Gasteiger partial charge is 0.161 e. The Morgan fingerprint density at radius 1 is 1.08 bits per heavy atom. The molecule has 0 aliphatic heterocycles. The second kappa shape index (κ2) is 7.93. The fourth-order valence-electron chi connectivity index (χ4n) is 2.30. The van der Waals surface area contributed by atoms with Crippen molar-refractivity contribution in [3.63, 3.8) is 0 Å². The third-order valence-corrected chi connectivity index (χ3v) is 3.46. The Morgan fingerprint density at radius 2 is 1.79 bits per heavy atom. The molecular formula is C19H20N2O3. The first-order valence-electron chi connectivity index (χ1n) is 7.49. The molecule has 2 aromatic rings. The summed E-state index contributed by atoms with van der Waals surface area (Å²) in [5, 5.41) is 9.49. The van der Waals surface area contributed by atoms with Crippen LogP contribution in [0.25, 0.3) is 11.6 Å². The van der Waals surface area contributed by atoms with Gasteiger partial charge in [0.25, 0.3) is 0 Å². The highest BCUT2D eigenvalue weighted by Crippen LogP contribution is 2.31. The third kappa shape index (κ3) is 3.79. The standard InChI is InChI=1S/C19H20N2O3/c1-4-24-19-10-13(5-7-18(19)23-3)9-15(12-20)14-6-8-17(22-2)16(21)11-14/h5-11H,4,21H2,1-3H3/b15-9+. The number of nitrogen functional groups attached to an aromatic ring is 1. The summed E-state index contributed by atoms with van der Waals surface area (Å²) in [7, 11) is 3.15. The molecule has 0 bridgehead atoms. The number of anilines is 1. The molecule has 24 heavy (non-hydrogen) atoms. The van der Waals surface area contributed by atoms with E-state index in [4.69, 9.17) is 19.9 Å². The van der Waals surface area contributed by atoms with E-state index in [1.165, 1.54) is 0 Å². The molecule has 5 nitrogen and oxygen atoms in total. The number of nitrogens with zero attached hydrogens (tertiary/aromatic N) is 1. The number of benzene rings is 2. The van der Waals surface area contributed by atoms with Crippen molar-refractivity contribution in [3.05, 3.63) is 47.5 Å². The van der Waals surface area contributed by atoms with Gasteiger partial charge in [-0.25, -0.2) is 0 Å². The summed E-state index contributed by atoms with van der Waals surface area (Å²) in [5.74, 6) is 1.88. The number of hydrogen-bond acceptors (Lipinski definition) is 5. The van der Waals surface area contributed by atoms with E-state index in [9.17, 15) is 5.26 Å². The second-order valence-electron chi connectivity index (χ2n) is 4.97. The molecule has 2 aromatic carbocycles. The van der Waals surface area contributed by atoms with Gasteiger partial charge in [-0.05, 0) is 54.5 Å². The van der Waals surface area contributed by atoms with Crippen molar-refractivity contribution in [2.24, 2.45) is 0 Å². The molecule has 0 spiro atoms. The number of methoxy groups -OCH3 is 2. The predicted molar refractivity (Wildman–Crippen MR) is 95.1 cm³/mol. The Morgan fingerprint density at radius 3 is 2.38 bits per heavy atom. The van der Waals surface area contributed by atoms with Crippen molar-refractivity contribution in [1.29, 1.82) is 5.26 Å². The Hall–Kier alpha value is -3.13. The molecule has 5 heteroatoms. The van der Waals surface area contributed by atoms with E-state index < -0.39 is 0 Å². The first-order chi connectivity index (χ1) is 11.6. The van der Waals surface area contributed by atoms with Crippen LogP contribution in [0, 0.1) is 11.3 Å². The quantitative estimate of drug-likeness (QED) is 0.497. The van der Waals surface area contributed by atoms with Crippen molar-refractivity contribution in [2.45, 2.75) is 6.92 Å². The van der Waals surface area contributed by atoms with Crippen LogP contribution in [0.15, 0.2) is 36.4 Å². The molecule has 0 aliphatic rings. The number of rotatable bonds is 6. The zero-order valence-electron chi connectivity index (χ0n) is 14.0. The Bertz CT molecular complexity index is 792. The van der Waals surface area contributed by atoms with Gasteiger partial charge in [0.15, 0.2) is 11.5 Å². The fourth-order valence-corrected chi connectivity index (χ4v) is 2.30. The molecule has 0 amide bonds. The van der Waals surface area contributed by atoms with Crippen LogP contribution in [-0.4, -0.2) is 20.8 Å². The molecule has 0 unspecified atom stereocenters. The van der Waals surface area contributed by atoms with E-state index in [0.29, 0.717) is 35.1 Å². The van der Waals surface area contributed by atoms with Gasteiger partial charge in [-0.3, -0.25) is 0 Å². The van der Waals surface area contributed by atoms with Gasteiger partial charge in [0, 0.05) is 0 Å². The van der Waals surface area contributed by atoms with Crippen LogP contribution in [0.2, 0.25) is 0 Å². The fraction of sp³-hybridized carbons (Fsp3) is 0.211. The summed E-state index contributed by atoms with van der Waals surface area (Å²) < 4.78 is 16.0. The van der Waals surface area contributed by atoms with Gasteiger partial charge in [0.2, 0.25) is 0 Å². The number of ether oxygens (including phenoxy) is 3. The Labute approximate surface area is 141 Å². The minimum atomic E-state index is 0.487. The topological polar surface area (TPSA) is 77.5 Å². The van der Waals surface area contributed by atoms with Gasteiger partial charge >= 0.3 is 0 Å². The lowest BCUT2D eigenvalue weighted by molar-refractivity contribution is 0.311. The van der Waals surface area contributed by atoms with Crippen LogP contribution >= 0.6 is 0 Å². The summed E-state index contributed by atoms with van der Waals surface area (Å²) in [6, 6.07) is 13.0.